The Kier molecular flexibility index (Phi) is 7.78. The van der Waals surface area contributed by atoms with Gasteiger partial charge >= 0.3 is 15.6 Å². The van der Waals surface area contributed by atoms with E-state index in [0.29, 0.717) is 0 Å². The van der Waals surface area contributed by atoms with Crippen molar-refractivity contribution in [2.24, 2.45) is 0 Å². The molecule has 0 spiro atoms. The summed E-state index contributed by atoms with van der Waals surface area (Å²) in [7, 11) is -9.84. The Bertz CT molecular complexity index is 1170. The standard InChI is InChI=1S/C15H23N5O14P2/c16-12-7-13(18-3-17-12)20(4-19-7)14-11(9(22)6(32-14)2-31-36(27,28)29)34-15-10(23)8(21)5(33-15)1-30-35(24,25)26/h3-6,8-11,14-15,21-23H,1-2H2,(H2,16,17,18)(H2,24,25,26)(H2,27,28,29)/t5-,6-,8-,9-,10-,11-,14-,15+/m1/s1. The lowest BCUT2D eigenvalue weighted by Crippen LogP contribution is -2.42. The molecule has 2 aliphatic heterocycles. The molecule has 4 heterocycles. The van der Waals surface area contributed by atoms with E-state index in [1.165, 1.54) is 10.9 Å². The van der Waals surface area contributed by atoms with Crippen LogP contribution in [0.4, 0.5) is 5.82 Å². The normalized spacial score (nSPS) is 33.5. The second-order valence-electron chi connectivity index (χ2n) is 7.84. The molecule has 0 unspecified atom stereocenters. The highest BCUT2D eigenvalue weighted by atomic mass is 31.2. The highest BCUT2D eigenvalue weighted by molar-refractivity contribution is 7.46. The van der Waals surface area contributed by atoms with E-state index in [1.807, 2.05) is 0 Å². The molecular formula is C15H23N5O14P2. The maximum atomic E-state index is 11.1. The number of fused-ring (bicyclic) bond motifs is 1. The molecule has 2 fully saturated rings. The predicted octanol–water partition coefficient (Wildman–Crippen LogP) is -3.28. The van der Waals surface area contributed by atoms with Crippen LogP contribution < -0.4 is 5.73 Å². The van der Waals surface area contributed by atoms with Gasteiger partial charge in [0.2, 0.25) is 0 Å². The van der Waals surface area contributed by atoms with E-state index in [2.05, 4.69) is 24.0 Å². The molecule has 202 valence electrons. The van der Waals surface area contributed by atoms with Gasteiger partial charge in [0.05, 0.1) is 19.5 Å². The SMILES string of the molecule is Nc1ncnc2c1ncn2[C@@H]1O[C@H](COP(=O)(O)O)[C@@H](O)[C@H]1O[C@@H]1O[C@H](COP(=O)(O)O)[C@@H](O)[C@H]1O. The van der Waals surface area contributed by atoms with Crippen molar-refractivity contribution in [1.29, 1.82) is 0 Å². The summed E-state index contributed by atoms with van der Waals surface area (Å²) in [5.41, 5.74) is 6.11. The summed E-state index contributed by atoms with van der Waals surface area (Å²) in [6, 6.07) is 0. The van der Waals surface area contributed by atoms with Crippen LogP contribution in [-0.2, 0) is 32.4 Å². The largest absolute Gasteiger partial charge is 0.469 e. The van der Waals surface area contributed by atoms with Crippen LogP contribution in [0.1, 0.15) is 6.23 Å². The molecule has 19 nitrogen and oxygen atoms in total. The van der Waals surface area contributed by atoms with Crippen LogP contribution in [0.2, 0.25) is 0 Å². The molecule has 2 aromatic heterocycles. The molecule has 21 heteroatoms. The maximum absolute atomic E-state index is 11.1. The molecule has 2 aliphatic rings. The van der Waals surface area contributed by atoms with Gasteiger partial charge in [0.1, 0.15) is 48.5 Å². The van der Waals surface area contributed by atoms with Gasteiger partial charge in [0.15, 0.2) is 24.0 Å². The van der Waals surface area contributed by atoms with Gasteiger partial charge in [-0.3, -0.25) is 13.6 Å². The molecule has 36 heavy (non-hydrogen) atoms. The Morgan fingerprint density at radius 3 is 2.14 bits per heavy atom. The number of imidazole rings is 1. The van der Waals surface area contributed by atoms with Crippen molar-refractivity contribution < 1.29 is 67.3 Å². The smallest absolute Gasteiger partial charge is 0.387 e. The third-order valence-electron chi connectivity index (χ3n) is 5.40. The number of anilines is 1. The highest BCUT2D eigenvalue weighted by Gasteiger charge is 2.52. The monoisotopic (exact) mass is 559 g/mol. The molecule has 0 amide bonds. The molecule has 9 N–H and O–H groups in total. The van der Waals surface area contributed by atoms with E-state index in [4.69, 9.17) is 39.5 Å². The Labute approximate surface area is 200 Å². The summed E-state index contributed by atoms with van der Waals surface area (Å²) in [6.07, 6.45) is -9.83. The van der Waals surface area contributed by atoms with Crippen molar-refractivity contribution in [3.8, 4) is 0 Å². The lowest BCUT2D eigenvalue weighted by molar-refractivity contribution is -0.219. The van der Waals surface area contributed by atoms with Crippen molar-refractivity contribution >= 4 is 32.6 Å². The number of aliphatic hydroxyl groups is 3. The minimum absolute atomic E-state index is 0.0294. The van der Waals surface area contributed by atoms with Crippen molar-refractivity contribution in [1.82, 2.24) is 19.5 Å². The zero-order valence-corrected chi connectivity index (χ0v) is 19.7. The van der Waals surface area contributed by atoms with Crippen LogP contribution in [0.5, 0.6) is 0 Å². The Balaban J connectivity index is 1.58. The summed E-state index contributed by atoms with van der Waals surface area (Å²) >= 11 is 0. The predicted molar refractivity (Wildman–Crippen MR) is 111 cm³/mol. The topological polar surface area (TPSA) is 292 Å². The minimum Gasteiger partial charge on any atom is -0.387 e. The van der Waals surface area contributed by atoms with Crippen LogP contribution in [0.15, 0.2) is 12.7 Å². The van der Waals surface area contributed by atoms with Gasteiger partial charge < -0.3 is 54.8 Å². The van der Waals surface area contributed by atoms with E-state index < -0.39 is 78.0 Å². The van der Waals surface area contributed by atoms with E-state index in [0.717, 1.165) is 6.33 Å². The number of aromatic nitrogens is 4. The molecule has 2 saturated heterocycles. The summed E-state index contributed by atoms with van der Waals surface area (Å²) in [5, 5.41) is 31.4. The number of nitrogen functional groups attached to an aromatic ring is 1. The average Bonchev–Trinajstić information content (AvgIpc) is 3.42. The Morgan fingerprint density at radius 1 is 0.917 bits per heavy atom. The van der Waals surface area contributed by atoms with Gasteiger partial charge in [0, 0.05) is 0 Å². The van der Waals surface area contributed by atoms with Gasteiger partial charge in [-0.2, -0.15) is 0 Å². The zero-order chi connectivity index (χ0) is 26.4. The quantitative estimate of drug-likeness (QED) is 0.140. The summed E-state index contributed by atoms with van der Waals surface area (Å²) < 4.78 is 48.8. The molecule has 0 radical (unpaired) electrons. The van der Waals surface area contributed by atoms with Crippen LogP contribution >= 0.6 is 15.6 Å². The van der Waals surface area contributed by atoms with E-state index in [9.17, 15) is 24.4 Å². The summed E-state index contributed by atoms with van der Waals surface area (Å²) in [5.74, 6) is 0.0294. The molecule has 0 saturated carbocycles. The lowest BCUT2D eigenvalue weighted by atomic mass is 10.1. The number of phosphoric ester groups is 2. The number of ether oxygens (including phenoxy) is 3. The zero-order valence-electron chi connectivity index (χ0n) is 17.9. The first kappa shape index (κ1) is 27.4. The van der Waals surface area contributed by atoms with Gasteiger partial charge in [-0.15, -0.1) is 0 Å². The molecule has 2 aromatic rings. The Hall–Kier alpha value is -1.67. The first-order valence-electron chi connectivity index (χ1n) is 10.1. The van der Waals surface area contributed by atoms with Crippen molar-refractivity contribution in [3.05, 3.63) is 12.7 Å². The number of hydrogen-bond acceptors (Lipinski definition) is 14. The van der Waals surface area contributed by atoms with Crippen molar-refractivity contribution in [2.45, 2.75) is 49.1 Å². The molecule has 8 atom stereocenters. The molecular weight excluding hydrogens is 536 g/mol. The third-order valence-corrected chi connectivity index (χ3v) is 6.37. The van der Waals surface area contributed by atoms with Crippen LogP contribution in [-0.4, -0.2) is 111 Å². The number of phosphoric acid groups is 2. The van der Waals surface area contributed by atoms with Gasteiger partial charge in [-0.05, 0) is 0 Å². The van der Waals surface area contributed by atoms with Gasteiger partial charge in [0.25, 0.3) is 0 Å². The van der Waals surface area contributed by atoms with Crippen LogP contribution in [0.3, 0.4) is 0 Å². The summed E-state index contributed by atoms with van der Waals surface area (Å²) in [6.45, 7) is -1.56. The van der Waals surface area contributed by atoms with Crippen molar-refractivity contribution in [3.63, 3.8) is 0 Å². The van der Waals surface area contributed by atoms with Gasteiger partial charge in [-0.25, -0.2) is 24.1 Å². The van der Waals surface area contributed by atoms with Crippen LogP contribution in [0, 0.1) is 0 Å². The van der Waals surface area contributed by atoms with E-state index >= 15 is 0 Å². The fourth-order valence-electron chi connectivity index (χ4n) is 3.74. The highest BCUT2D eigenvalue weighted by Crippen LogP contribution is 2.41. The number of rotatable bonds is 9. The summed E-state index contributed by atoms with van der Waals surface area (Å²) in [4.78, 5) is 47.7. The van der Waals surface area contributed by atoms with Gasteiger partial charge in [-0.1, -0.05) is 0 Å². The molecule has 4 rings (SSSR count). The number of nitrogens with two attached hydrogens (primary N) is 1. The molecule has 0 aliphatic carbocycles. The first-order chi connectivity index (χ1) is 16.7. The first-order valence-corrected chi connectivity index (χ1v) is 13.1. The van der Waals surface area contributed by atoms with E-state index in [1.54, 1.807) is 0 Å². The number of nitrogens with zero attached hydrogens (tertiary/aromatic N) is 4. The second-order valence-corrected chi connectivity index (χ2v) is 10.3. The van der Waals surface area contributed by atoms with Crippen LogP contribution in [0.25, 0.3) is 11.2 Å². The molecule has 0 bridgehead atoms. The maximum Gasteiger partial charge on any atom is 0.469 e. The average molecular weight is 559 g/mol. The number of aliphatic hydroxyl groups excluding tert-OH is 3. The lowest BCUT2D eigenvalue weighted by Gasteiger charge is -2.26. The third kappa shape index (κ3) is 5.90. The van der Waals surface area contributed by atoms with E-state index in [-0.39, 0.29) is 17.0 Å². The number of hydrogen-bond donors (Lipinski definition) is 8. The fourth-order valence-corrected chi connectivity index (χ4v) is 4.43. The minimum atomic E-state index is -4.93. The fraction of sp³-hybridized carbons (Fsp3) is 0.667. The molecule has 0 aromatic carbocycles. The van der Waals surface area contributed by atoms with Crippen molar-refractivity contribution in [2.75, 3.05) is 18.9 Å². The second kappa shape index (κ2) is 10.2. The Morgan fingerprint density at radius 2 is 1.53 bits per heavy atom.